The van der Waals surface area contributed by atoms with Gasteiger partial charge >= 0.3 is 12.3 Å². The molecule has 0 aliphatic carbocycles. The topological polar surface area (TPSA) is 75.4 Å². The summed E-state index contributed by atoms with van der Waals surface area (Å²) >= 11 is 6.09. The van der Waals surface area contributed by atoms with Gasteiger partial charge in [0.15, 0.2) is 0 Å². The van der Waals surface area contributed by atoms with Crippen LogP contribution < -0.4 is 10.5 Å². The molecule has 0 atom stereocenters. The van der Waals surface area contributed by atoms with E-state index in [0.717, 1.165) is 27.7 Å². The SMILES string of the molecule is CCN(C(=O)O)c1nc2cccc(Cl)c2c(=O)n1-c1cccc(C(F)(F)F)c1. The van der Waals surface area contributed by atoms with E-state index in [0.29, 0.717) is 0 Å². The molecule has 2 aromatic carbocycles. The lowest BCUT2D eigenvalue weighted by atomic mass is 10.2. The van der Waals surface area contributed by atoms with Gasteiger partial charge in [-0.15, -0.1) is 0 Å². The van der Waals surface area contributed by atoms with Crippen molar-refractivity contribution in [1.82, 2.24) is 9.55 Å². The van der Waals surface area contributed by atoms with Gasteiger partial charge in [0.25, 0.3) is 5.56 Å². The Kier molecular flexibility index (Phi) is 5.03. The highest BCUT2D eigenvalue weighted by Crippen LogP contribution is 2.31. The van der Waals surface area contributed by atoms with Crippen LogP contribution in [0.1, 0.15) is 12.5 Å². The predicted molar refractivity (Wildman–Crippen MR) is 98.4 cm³/mol. The van der Waals surface area contributed by atoms with Crippen molar-refractivity contribution in [3.63, 3.8) is 0 Å². The smallest absolute Gasteiger partial charge is 0.416 e. The molecular weight excluding hydrogens is 399 g/mol. The number of nitrogens with zero attached hydrogens (tertiary/aromatic N) is 3. The Labute approximate surface area is 161 Å². The van der Waals surface area contributed by atoms with Crippen LogP contribution in [0.3, 0.4) is 0 Å². The van der Waals surface area contributed by atoms with Gasteiger partial charge in [-0.05, 0) is 37.3 Å². The lowest BCUT2D eigenvalue weighted by Gasteiger charge is -2.22. The molecule has 0 radical (unpaired) electrons. The number of aromatic nitrogens is 2. The van der Waals surface area contributed by atoms with Gasteiger partial charge in [-0.25, -0.2) is 19.2 Å². The zero-order valence-electron chi connectivity index (χ0n) is 14.4. The van der Waals surface area contributed by atoms with Crippen molar-refractivity contribution in [1.29, 1.82) is 0 Å². The van der Waals surface area contributed by atoms with Crippen LogP contribution in [0.15, 0.2) is 47.3 Å². The molecule has 10 heteroatoms. The van der Waals surface area contributed by atoms with Crippen molar-refractivity contribution in [2.75, 3.05) is 11.4 Å². The lowest BCUT2D eigenvalue weighted by molar-refractivity contribution is -0.137. The number of hydrogen-bond donors (Lipinski definition) is 1. The fraction of sp³-hybridized carbons (Fsp3) is 0.167. The van der Waals surface area contributed by atoms with E-state index in [-0.39, 0.29) is 34.1 Å². The van der Waals surface area contributed by atoms with Crippen molar-refractivity contribution in [2.45, 2.75) is 13.1 Å². The first-order valence-corrected chi connectivity index (χ1v) is 8.42. The number of fused-ring (bicyclic) bond motifs is 1. The minimum absolute atomic E-state index is 0.0215. The summed E-state index contributed by atoms with van der Waals surface area (Å²) < 4.78 is 40.2. The van der Waals surface area contributed by atoms with E-state index in [9.17, 15) is 27.9 Å². The second kappa shape index (κ2) is 7.16. The maximum absolute atomic E-state index is 13.1. The number of anilines is 1. The van der Waals surface area contributed by atoms with Gasteiger partial charge < -0.3 is 5.11 Å². The molecule has 146 valence electrons. The maximum atomic E-state index is 13.1. The first kappa shape index (κ1) is 19.7. The van der Waals surface area contributed by atoms with Crippen molar-refractivity contribution in [2.24, 2.45) is 0 Å². The molecular formula is C18H13ClF3N3O3. The first-order chi connectivity index (χ1) is 13.1. The zero-order chi connectivity index (χ0) is 20.6. The highest BCUT2D eigenvalue weighted by Gasteiger charge is 2.31. The number of carboxylic acid groups (broad SMARTS) is 1. The van der Waals surface area contributed by atoms with E-state index in [1.165, 1.54) is 31.2 Å². The van der Waals surface area contributed by atoms with Crippen LogP contribution >= 0.6 is 11.6 Å². The summed E-state index contributed by atoms with van der Waals surface area (Å²) in [6.45, 7) is 1.44. The maximum Gasteiger partial charge on any atom is 0.416 e. The summed E-state index contributed by atoms with van der Waals surface area (Å²) in [5.41, 5.74) is -1.80. The minimum atomic E-state index is -4.64. The van der Waals surface area contributed by atoms with Crippen LogP contribution in [0.5, 0.6) is 0 Å². The standard InChI is InChI=1S/C18H13ClF3N3O3/c1-2-24(17(27)28)16-23-13-8-4-7-12(19)14(13)15(26)25(16)11-6-3-5-10(9-11)18(20,21)22/h3-9H,2H2,1H3,(H,27,28). The Bertz CT molecular complexity index is 1130. The average molecular weight is 412 g/mol. The van der Waals surface area contributed by atoms with Gasteiger partial charge in [-0.1, -0.05) is 23.7 Å². The van der Waals surface area contributed by atoms with E-state index in [1.54, 1.807) is 0 Å². The summed E-state index contributed by atoms with van der Waals surface area (Å²) in [4.78, 5) is 29.7. The number of amides is 1. The van der Waals surface area contributed by atoms with Crippen molar-refractivity contribution in [3.8, 4) is 5.69 Å². The Balaban J connectivity index is 2.43. The normalized spacial score (nSPS) is 11.6. The molecule has 0 saturated heterocycles. The Morgan fingerprint density at radius 1 is 1.25 bits per heavy atom. The third-order valence-corrected chi connectivity index (χ3v) is 4.36. The Morgan fingerprint density at radius 3 is 2.54 bits per heavy atom. The van der Waals surface area contributed by atoms with Crippen LogP contribution in [0.4, 0.5) is 23.9 Å². The van der Waals surface area contributed by atoms with Crippen molar-refractivity contribution >= 4 is 34.5 Å². The summed E-state index contributed by atoms with van der Waals surface area (Å²) in [6, 6.07) is 8.44. The van der Waals surface area contributed by atoms with Gasteiger partial charge in [-0.2, -0.15) is 13.2 Å². The van der Waals surface area contributed by atoms with E-state index >= 15 is 0 Å². The first-order valence-electron chi connectivity index (χ1n) is 8.04. The molecule has 6 nitrogen and oxygen atoms in total. The highest BCUT2D eigenvalue weighted by atomic mass is 35.5. The summed E-state index contributed by atoms with van der Waals surface area (Å²) in [5.74, 6) is -0.325. The lowest BCUT2D eigenvalue weighted by Crippen LogP contribution is -2.36. The fourth-order valence-electron chi connectivity index (χ4n) is 2.78. The van der Waals surface area contributed by atoms with E-state index in [1.807, 2.05) is 0 Å². The molecule has 0 spiro atoms. The van der Waals surface area contributed by atoms with Crippen LogP contribution in [-0.4, -0.2) is 27.3 Å². The number of halogens is 4. The Hall–Kier alpha value is -3.07. The number of carbonyl (C=O) groups is 1. The molecule has 28 heavy (non-hydrogen) atoms. The molecule has 0 unspecified atom stereocenters. The van der Waals surface area contributed by atoms with Gasteiger partial charge in [0.1, 0.15) is 0 Å². The highest BCUT2D eigenvalue weighted by molar-refractivity contribution is 6.35. The third kappa shape index (κ3) is 3.40. The number of benzene rings is 2. The van der Waals surface area contributed by atoms with E-state index < -0.39 is 23.4 Å². The summed E-state index contributed by atoms with van der Waals surface area (Å²) in [6.07, 6.45) is -6.05. The molecule has 1 heterocycles. The van der Waals surface area contributed by atoms with Gasteiger partial charge in [-0.3, -0.25) is 4.79 Å². The number of alkyl halides is 3. The Morgan fingerprint density at radius 2 is 1.93 bits per heavy atom. The molecule has 0 fully saturated rings. The molecule has 0 aliphatic rings. The van der Waals surface area contributed by atoms with Gasteiger partial charge in [0.05, 0.1) is 27.2 Å². The monoisotopic (exact) mass is 411 g/mol. The van der Waals surface area contributed by atoms with Gasteiger partial charge in [0.2, 0.25) is 5.95 Å². The summed E-state index contributed by atoms with van der Waals surface area (Å²) in [5, 5.41) is 9.50. The molecule has 0 aliphatic heterocycles. The van der Waals surface area contributed by atoms with Gasteiger partial charge in [0, 0.05) is 6.54 Å². The van der Waals surface area contributed by atoms with E-state index in [4.69, 9.17) is 11.6 Å². The number of hydrogen-bond acceptors (Lipinski definition) is 3. The minimum Gasteiger partial charge on any atom is -0.465 e. The summed E-state index contributed by atoms with van der Waals surface area (Å²) in [7, 11) is 0. The van der Waals surface area contributed by atoms with Crippen LogP contribution in [-0.2, 0) is 6.18 Å². The van der Waals surface area contributed by atoms with Crippen molar-refractivity contribution < 1.29 is 23.1 Å². The molecule has 0 saturated carbocycles. The number of rotatable bonds is 3. The third-order valence-electron chi connectivity index (χ3n) is 4.05. The van der Waals surface area contributed by atoms with Crippen molar-refractivity contribution in [3.05, 3.63) is 63.4 Å². The van der Waals surface area contributed by atoms with E-state index in [2.05, 4.69) is 4.98 Å². The zero-order valence-corrected chi connectivity index (χ0v) is 15.1. The molecule has 1 aromatic heterocycles. The molecule has 0 bridgehead atoms. The largest absolute Gasteiger partial charge is 0.465 e. The fourth-order valence-corrected chi connectivity index (χ4v) is 3.03. The van der Waals surface area contributed by atoms with Crippen LogP contribution in [0, 0.1) is 0 Å². The molecule has 3 rings (SSSR count). The van der Waals surface area contributed by atoms with Crippen LogP contribution in [0.25, 0.3) is 16.6 Å². The van der Waals surface area contributed by atoms with Crippen LogP contribution in [0.2, 0.25) is 5.02 Å². The second-order valence-electron chi connectivity index (χ2n) is 5.76. The average Bonchev–Trinajstić information content (AvgIpc) is 2.61. The second-order valence-corrected chi connectivity index (χ2v) is 6.17. The quantitative estimate of drug-likeness (QED) is 0.685. The molecule has 3 aromatic rings. The predicted octanol–water partition coefficient (Wildman–Crippen LogP) is 4.56. The molecule has 1 N–H and O–H groups in total. The molecule has 1 amide bonds.